The number of methoxy groups -OCH3 is 1. The first-order chi connectivity index (χ1) is 17.7. The molecule has 1 atom stereocenters. The number of rotatable bonds is 13. The van der Waals surface area contributed by atoms with Gasteiger partial charge in [0.1, 0.15) is 0 Å². The molecule has 0 aliphatic heterocycles. The Morgan fingerprint density at radius 3 is 1.20 bits per heavy atom. The molecule has 0 aliphatic carbocycles. The average Bonchev–Trinajstić information content (AvgIpc) is 2.79. The van der Waals surface area contributed by atoms with Gasteiger partial charge in [0.05, 0.1) is 7.11 Å². The zero-order chi connectivity index (χ0) is 33.7. The molecule has 0 heterocycles. The molecule has 0 aromatic carbocycles. The van der Waals surface area contributed by atoms with E-state index in [1.54, 1.807) is 0 Å². The summed E-state index contributed by atoms with van der Waals surface area (Å²) >= 11 is 0. The number of alkyl halides is 20. The predicted molar refractivity (Wildman–Crippen MR) is 87.0 cm³/mol. The third kappa shape index (κ3) is 5.33. The second-order valence-corrected chi connectivity index (χ2v) is 7.54. The monoisotopic (exact) mass is 658 g/mol. The highest BCUT2D eigenvalue weighted by Gasteiger charge is 2.97. The van der Waals surface area contributed by atoms with Crippen LogP contribution in [0.2, 0.25) is 0 Å². The highest BCUT2D eigenvalue weighted by molar-refractivity contribution is 5.81. The van der Waals surface area contributed by atoms with Crippen LogP contribution in [0.3, 0.4) is 0 Å². The second-order valence-electron chi connectivity index (χ2n) is 7.54. The lowest BCUT2D eigenvalue weighted by molar-refractivity contribution is -0.473. The molecule has 0 amide bonds. The first-order valence-corrected chi connectivity index (χ1v) is 9.36. The van der Waals surface area contributed by atoms with E-state index in [1.165, 1.54) is 0 Å². The molecule has 0 aromatic heterocycles. The largest absolute Gasteiger partial charge is 0.469 e. The Labute approximate surface area is 212 Å². The van der Waals surface area contributed by atoms with Gasteiger partial charge in [-0.25, -0.2) is 9.18 Å². The van der Waals surface area contributed by atoms with Crippen LogP contribution in [0.15, 0.2) is 12.7 Å². The van der Waals surface area contributed by atoms with Crippen LogP contribution in [0, 0.1) is 0 Å². The van der Waals surface area contributed by atoms with Crippen molar-refractivity contribution < 1.29 is 107 Å². The Hall–Kier alpha value is -2.72. The van der Waals surface area contributed by atoms with Gasteiger partial charge in [0.15, 0.2) is 0 Å². The first-order valence-electron chi connectivity index (χ1n) is 9.36. The van der Waals surface area contributed by atoms with E-state index in [4.69, 9.17) is 0 Å². The second kappa shape index (κ2) is 10.5. The van der Waals surface area contributed by atoms with Crippen LogP contribution < -0.4 is 0 Å². The lowest BCUT2D eigenvalue weighted by Crippen LogP contribution is -2.77. The highest BCUT2D eigenvalue weighted by Crippen LogP contribution is 2.66. The van der Waals surface area contributed by atoms with Crippen molar-refractivity contribution in [2.75, 3.05) is 7.11 Å². The van der Waals surface area contributed by atoms with Crippen molar-refractivity contribution >= 4 is 11.9 Å². The summed E-state index contributed by atoms with van der Waals surface area (Å²) in [5.74, 6) is -67.0. The lowest BCUT2D eigenvalue weighted by Gasteiger charge is -2.46. The van der Waals surface area contributed by atoms with Gasteiger partial charge in [-0.05, 0) is 0 Å². The normalized spacial score (nSPS) is 16.6. The molecule has 24 heteroatoms. The number of hydrogen-bond donors (Lipinski definition) is 0. The number of hydrogen-bond acceptors (Lipinski definition) is 4. The number of ether oxygens (including phenoxy) is 2. The van der Waals surface area contributed by atoms with Crippen LogP contribution >= 0.6 is 0 Å². The van der Waals surface area contributed by atoms with Gasteiger partial charge < -0.3 is 9.47 Å². The summed E-state index contributed by atoms with van der Waals surface area (Å²) < 4.78 is 278. The van der Waals surface area contributed by atoms with E-state index in [2.05, 4.69) is 16.1 Å². The van der Waals surface area contributed by atoms with E-state index in [-0.39, 0.29) is 7.11 Å². The van der Waals surface area contributed by atoms with Crippen molar-refractivity contribution in [3.63, 3.8) is 0 Å². The summed E-state index contributed by atoms with van der Waals surface area (Å²) in [5, 5.41) is 0. The fraction of sp³-hybridized carbons (Fsp3) is 0.765. The van der Waals surface area contributed by atoms with E-state index in [0.717, 1.165) is 0 Å². The standard InChI is InChI=1S/C17H10F20O4/c1-3-6(38)41-17(36,37)8(18,5-4-7(39)40-2)9(19,20)10(21,22)11(23,24)12(25,26)13(27,28)14(29,30)15(31,32)16(33,34)35/h3H,1,4-5H2,2H3. The molecule has 0 bridgehead atoms. The minimum atomic E-state index is -9.19. The summed E-state index contributed by atoms with van der Waals surface area (Å²) in [5.41, 5.74) is -7.09. The molecule has 41 heavy (non-hydrogen) atoms. The van der Waals surface area contributed by atoms with Crippen LogP contribution in [-0.4, -0.2) is 78.5 Å². The van der Waals surface area contributed by atoms with Crippen LogP contribution in [0.4, 0.5) is 87.8 Å². The van der Waals surface area contributed by atoms with Gasteiger partial charge in [-0.2, -0.15) is 83.4 Å². The molecule has 0 aromatic rings. The van der Waals surface area contributed by atoms with E-state index in [9.17, 15) is 97.4 Å². The zero-order valence-electron chi connectivity index (χ0n) is 18.9. The molecule has 0 rings (SSSR count). The quantitative estimate of drug-likeness (QED) is 0.122. The summed E-state index contributed by atoms with van der Waals surface area (Å²) in [6.45, 7) is 2.33. The van der Waals surface area contributed by atoms with Crippen LogP contribution in [-0.2, 0) is 19.1 Å². The first kappa shape index (κ1) is 38.3. The molecule has 0 fully saturated rings. The van der Waals surface area contributed by atoms with Crippen molar-refractivity contribution in [3.05, 3.63) is 12.7 Å². The molecule has 0 spiro atoms. The summed E-state index contributed by atoms with van der Waals surface area (Å²) in [7, 11) is 0.262. The fourth-order valence-electron chi connectivity index (χ4n) is 2.52. The van der Waals surface area contributed by atoms with E-state index in [0.29, 0.717) is 0 Å². The SMILES string of the molecule is C=CC(=O)OC(F)(F)C(F)(CCC(=O)OC)C(F)(F)C(F)(F)C(F)(F)C(F)(F)C(F)(F)C(F)(F)C(F)(F)C(F)(F)F. The molecule has 0 N–H and O–H groups in total. The van der Waals surface area contributed by atoms with Gasteiger partial charge in [0.2, 0.25) is 0 Å². The predicted octanol–water partition coefficient (Wildman–Crippen LogP) is 6.98. The molecule has 0 saturated heterocycles. The third-order valence-corrected chi connectivity index (χ3v) is 4.98. The van der Waals surface area contributed by atoms with Crippen molar-refractivity contribution in [2.24, 2.45) is 0 Å². The van der Waals surface area contributed by atoms with Gasteiger partial charge in [0, 0.05) is 18.9 Å². The molecule has 0 saturated carbocycles. The topological polar surface area (TPSA) is 52.6 Å². The number of esters is 2. The molecule has 0 aliphatic rings. The maximum absolute atomic E-state index is 14.9. The van der Waals surface area contributed by atoms with E-state index in [1.807, 2.05) is 0 Å². The smallest absolute Gasteiger partial charge is 0.460 e. The van der Waals surface area contributed by atoms with Gasteiger partial charge in [-0.3, -0.25) is 4.79 Å². The minimum absolute atomic E-state index is 0.262. The Morgan fingerprint density at radius 2 is 0.902 bits per heavy atom. The Kier molecular flexibility index (Phi) is 9.83. The Morgan fingerprint density at radius 1 is 0.585 bits per heavy atom. The molecule has 0 radical (unpaired) electrons. The summed E-state index contributed by atoms with van der Waals surface area (Å²) in [6, 6.07) is 0. The minimum Gasteiger partial charge on any atom is -0.469 e. The van der Waals surface area contributed by atoms with Crippen LogP contribution in [0.1, 0.15) is 12.8 Å². The van der Waals surface area contributed by atoms with Gasteiger partial charge in [0.25, 0.3) is 5.67 Å². The number of carbonyl (C=O) groups is 2. The lowest BCUT2D eigenvalue weighted by atomic mass is 9.81. The third-order valence-electron chi connectivity index (χ3n) is 4.98. The molecule has 242 valence electrons. The molecular formula is C17H10F20O4. The van der Waals surface area contributed by atoms with Gasteiger partial charge >= 0.3 is 65.7 Å². The molecule has 4 nitrogen and oxygen atoms in total. The van der Waals surface area contributed by atoms with Crippen LogP contribution in [0.5, 0.6) is 0 Å². The maximum atomic E-state index is 14.9. The average molecular weight is 658 g/mol. The van der Waals surface area contributed by atoms with Crippen molar-refractivity contribution in [3.8, 4) is 0 Å². The maximum Gasteiger partial charge on any atom is 0.460 e. The van der Waals surface area contributed by atoms with Crippen molar-refractivity contribution in [1.82, 2.24) is 0 Å². The number of carbonyl (C=O) groups excluding carboxylic acids is 2. The number of halogens is 20. The summed E-state index contributed by atoms with van der Waals surface area (Å²) in [6.07, 6.45) is -21.2. The van der Waals surface area contributed by atoms with Gasteiger partial charge in [-0.15, -0.1) is 0 Å². The van der Waals surface area contributed by atoms with Gasteiger partial charge in [-0.1, -0.05) is 6.58 Å². The molecular weight excluding hydrogens is 648 g/mol. The Bertz CT molecular complexity index is 1000. The van der Waals surface area contributed by atoms with Crippen molar-refractivity contribution in [1.29, 1.82) is 0 Å². The summed E-state index contributed by atoms with van der Waals surface area (Å²) in [4.78, 5) is 21.9. The molecule has 1 unspecified atom stereocenters. The Balaban J connectivity index is 7.42. The van der Waals surface area contributed by atoms with Crippen LogP contribution in [0.25, 0.3) is 0 Å². The fourth-order valence-corrected chi connectivity index (χ4v) is 2.52. The van der Waals surface area contributed by atoms with E-state index < -0.39 is 90.3 Å². The van der Waals surface area contributed by atoms with Crippen molar-refractivity contribution in [2.45, 2.75) is 72.3 Å². The van der Waals surface area contributed by atoms with E-state index >= 15 is 0 Å². The highest BCUT2D eigenvalue weighted by atomic mass is 19.4. The zero-order valence-corrected chi connectivity index (χ0v) is 18.9.